The molecule has 0 spiro atoms. The van der Waals surface area contributed by atoms with Crippen LogP contribution in [0.25, 0.3) is 0 Å². The van der Waals surface area contributed by atoms with E-state index in [4.69, 9.17) is 0 Å². The molecule has 0 unspecified atom stereocenters. The van der Waals surface area contributed by atoms with Gasteiger partial charge in [-0.3, -0.25) is 0 Å². The molecule has 1 heterocycles. The van der Waals surface area contributed by atoms with Crippen LogP contribution in [0.1, 0.15) is 11.5 Å². The Morgan fingerprint density at radius 2 is 2.27 bits per heavy atom. The van der Waals surface area contributed by atoms with Gasteiger partial charge in [0.25, 0.3) is 0 Å². The second-order valence-corrected chi connectivity index (χ2v) is 3.76. The van der Waals surface area contributed by atoms with E-state index in [0.717, 1.165) is 17.6 Å². The standard InChI is InChI=1S/C9H9BrN/c10-9-3-1-2-7(4-9)8-5-11-6-8/h2-4,8,11H,5-6H2. The Labute approximate surface area is 74.9 Å². The maximum absolute atomic E-state index is 3.43. The van der Waals surface area contributed by atoms with Crippen molar-refractivity contribution in [3.63, 3.8) is 0 Å². The van der Waals surface area contributed by atoms with Gasteiger partial charge in [0.15, 0.2) is 0 Å². The molecule has 11 heavy (non-hydrogen) atoms. The maximum Gasteiger partial charge on any atom is 0.0184 e. The molecule has 1 N–H and O–H groups in total. The molecular formula is C9H9BrN. The lowest BCUT2D eigenvalue weighted by Crippen LogP contribution is -2.39. The molecular weight excluding hydrogens is 202 g/mol. The van der Waals surface area contributed by atoms with Crippen molar-refractivity contribution >= 4 is 15.9 Å². The molecule has 1 aliphatic rings. The molecule has 1 aromatic rings. The van der Waals surface area contributed by atoms with Gasteiger partial charge in [0, 0.05) is 23.5 Å². The molecule has 1 aliphatic heterocycles. The Hall–Kier alpha value is -0.340. The zero-order chi connectivity index (χ0) is 7.68. The zero-order valence-corrected chi connectivity index (χ0v) is 7.69. The molecule has 0 bridgehead atoms. The van der Waals surface area contributed by atoms with Crippen molar-refractivity contribution in [2.24, 2.45) is 0 Å². The summed E-state index contributed by atoms with van der Waals surface area (Å²) in [5.41, 5.74) is 1.39. The molecule has 0 amide bonds. The lowest BCUT2D eigenvalue weighted by molar-refractivity contribution is 0.448. The van der Waals surface area contributed by atoms with Gasteiger partial charge in [-0.1, -0.05) is 22.0 Å². The topological polar surface area (TPSA) is 12.0 Å². The highest BCUT2D eigenvalue weighted by Gasteiger charge is 2.18. The summed E-state index contributed by atoms with van der Waals surface area (Å²) < 4.78 is 1.13. The summed E-state index contributed by atoms with van der Waals surface area (Å²) in [6, 6.07) is 9.28. The van der Waals surface area contributed by atoms with Crippen molar-refractivity contribution in [1.29, 1.82) is 0 Å². The molecule has 0 saturated carbocycles. The number of benzene rings is 1. The van der Waals surface area contributed by atoms with E-state index in [1.807, 2.05) is 6.07 Å². The van der Waals surface area contributed by atoms with Gasteiger partial charge < -0.3 is 5.32 Å². The quantitative estimate of drug-likeness (QED) is 0.748. The molecule has 2 heteroatoms. The highest BCUT2D eigenvalue weighted by Crippen LogP contribution is 2.22. The van der Waals surface area contributed by atoms with Crippen LogP contribution >= 0.6 is 15.9 Å². The van der Waals surface area contributed by atoms with Crippen molar-refractivity contribution in [3.05, 3.63) is 34.3 Å². The third kappa shape index (κ3) is 1.47. The van der Waals surface area contributed by atoms with Crippen molar-refractivity contribution in [2.75, 3.05) is 13.1 Å². The lowest BCUT2D eigenvalue weighted by atomic mass is 9.94. The summed E-state index contributed by atoms with van der Waals surface area (Å²) in [5.74, 6) is 0.712. The Balaban J connectivity index is 2.23. The second kappa shape index (κ2) is 2.95. The maximum atomic E-state index is 3.43. The van der Waals surface area contributed by atoms with Crippen LogP contribution in [0.5, 0.6) is 0 Å². The van der Waals surface area contributed by atoms with E-state index in [-0.39, 0.29) is 0 Å². The fourth-order valence-electron chi connectivity index (χ4n) is 1.22. The molecule has 1 saturated heterocycles. The Kier molecular flexibility index (Phi) is 1.96. The zero-order valence-electron chi connectivity index (χ0n) is 6.10. The average Bonchev–Trinajstić information content (AvgIpc) is 1.83. The Morgan fingerprint density at radius 3 is 2.82 bits per heavy atom. The van der Waals surface area contributed by atoms with Gasteiger partial charge in [0.2, 0.25) is 0 Å². The summed E-state index contributed by atoms with van der Waals surface area (Å²) in [5, 5.41) is 3.25. The minimum atomic E-state index is 0.712. The van der Waals surface area contributed by atoms with E-state index < -0.39 is 0 Å². The highest BCUT2D eigenvalue weighted by atomic mass is 79.9. The summed E-state index contributed by atoms with van der Waals surface area (Å²) >= 11 is 3.43. The first kappa shape index (κ1) is 7.32. The van der Waals surface area contributed by atoms with E-state index in [0.29, 0.717) is 5.92 Å². The number of hydrogen-bond donors (Lipinski definition) is 1. The predicted molar refractivity (Wildman–Crippen MR) is 48.6 cm³/mol. The largest absolute Gasteiger partial charge is 0.315 e. The van der Waals surface area contributed by atoms with Gasteiger partial charge >= 0.3 is 0 Å². The number of hydrogen-bond acceptors (Lipinski definition) is 1. The van der Waals surface area contributed by atoms with Crippen LogP contribution in [-0.4, -0.2) is 13.1 Å². The fraction of sp³-hybridized carbons (Fsp3) is 0.333. The van der Waals surface area contributed by atoms with Crippen LogP contribution in [0, 0.1) is 6.07 Å². The molecule has 2 rings (SSSR count). The summed E-state index contributed by atoms with van der Waals surface area (Å²) in [6.07, 6.45) is 0. The van der Waals surface area contributed by atoms with Crippen LogP contribution in [0.2, 0.25) is 0 Å². The molecule has 0 aromatic heterocycles. The van der Waals surface area contributed by atoms with E-state index >= 15 is 0 Å². The Morgan fingerprint density at radius 1 is 1.45 bits per heavy atom. The summed E-state index contributed by atoms with van der Waals surface area (Å²) in [4.78, 5) is 0. The van der Waals surface area contributed by atoms with Gasteiger partial charge in [-0.15, -0.1) is 0 Å². The first-order chi connectivity index (χ1) is 5.36. The normalized spacial score (nSPS) is 17.9. The molecule has 57 valence electrons. The minimum absolute atomic E-state index is 0.712. The van der Waals surface area contributed by atoms with Crippen molar-refractivity contribution < 1.29 is 0 Å². The van der Waals surface area contributed by atoms with E-state index in [9.17, 15) is 0 Å². The molecule has 0 aliphatic carbocycles. The monoisotopic (exact) mass is 210 g/mol. The van der Waals surface area contributed by atoms with Gasteiger partial charge in [-0.05, 0) is 23.8 Å². The first-order valence-electron chi connectivity index (χ1n) is 3.73. The van der Waals surface area contributed by atoms with Crippen molar-refractivity contribution in [1.82, 2.24) is 5.32 Å². The van der Waals surface area contributed by atoms with Crippen molar-refractivity contribution in [2.45, 2.75) is 5.92 Å². The number of rotatable bonds is 1. The van der Waals surface area contributed by atoms with Crippen LogP contribution < -0.4 is 5.32 Å². The average molecular weight is 211 g/mol. The first-order valence-corrected chi connectivity index (χ1v) is 4.53. The van der Waals surface area contributed by atoms with E-state index in [2.05, 4.69) is 39.4 Å². The smallest absolute Gasteiger partial charge is 0.0184 e. The van der Waals surface area contributed by atoms with Gasteiger partial charge in [-0.2, -0.15) is 0 Å². The van der Waals surface area contributed by atoms with Gasteiger partial charge in [0.05, 0.1) is 0 Å². The minimum Gasteiger partial charge on any atom is -0.315 e. The van der Waals surface area contributed by atoms with Crippen LogP contribution in [-0.2, 0) is 0 Å². The van der Waals surface area contributed by atoms with Crippen LogP contribution in [0.15, 0.2) is 22.7 Å². The predicted octanol–water partition coefficient (Wildman–Crippen LogP) is 1.94. The third-order valence-electron chi connectivity index (χ3n) is 2.03. The number of halogens is 1. The lowest BCUT2D eigenvalue weighted by Gasteiger charge is -2.27. The second-order valence-electron chi connectivity index (χ2n) is 2.84. The molecule has 1 aromatic carbocycles. The van der Waals surface area contributed by atoms with Crippen LogP contribution in [0.4, 0.5) is 0 Å². The molecule has 1 nitrogen and oxygen atoms in total. The molecule has 1 fully saturated rings. The Bertz CT molecular complexity index is 255. The van der Waals surface area contributed by atoms with E-state index in [1.54, 1.807) is 0 Å². The van der Waals surface area contributed by atoms with Gasteiger partial charge in [0.1, 0.15) is 0 Å². The van der Waals surface area contributed by atoms with Crippen LogP contribution in [0.3, 0.4) is 0 Å². The number of nitrogens with one attached hydrogen (secondary N) is 1. The highest BCUT2D eigenvalue weighted by molar-refractivity contribution is 9.10. The van der Waals surface area contributed by atoms with Gasteiger partial charge in [-0.25, -0.2) is 0 Å². The van der Waals surface area contributed by atoms with E-state index in [1.165, 1.54) is 5.56 Å². The molecule has 1 radical (unpaired) electrons. The summed E-state index contributed by atoms with van der Waals surface area (Å²) in [7, 11) is 0. The fourth-order valence-corrected chi connectivity index (χ4v) is 1.62. The van der Waals surface area contributed by atoms with Crippen molar-refractivity contribution in [3.8, 4) is 0 Å². The molecule has 0 atom stereocenters. The SMILES string of the molecule is Brc1c[c]cc(C2CNC2)c1. The third-order valence-corrected chi connectivity index (χ3v) is 2.49. The summed E-state index contributed by atoms with van der Waals surface area (Å²) in [6.45, 7) is 2.23.